The lowest BCUT2D eigenvalue weighted by Crippen LogP contribution is -1.90. The van der Waals surface area contributed by atoms with Crippen molar-refractivity contribution < 1.29 is 9.84 Å². The molecule has 3 N–H and O–H groups in total. The van der Waals surface area contributed by atoms with Gasteiger partial charge < -0.3 is 15.6 Å². The van der Waals surface area contributed by atoms with Crippen LogP contribution in [0.15, 0.2) is 36.4 Å². The molecular weight excluding hydrogens is 262 g/mol. The fraction of sp³-hybridized carbons (Fsp3) is 0.200. The molecule has 100 valence electrons. The number of phenols is 1. The molecule has 0 aliphatic heterocycles. The summed E-state index contributed by atoms with van der Waals surface area (Å²) in [4.78, 5) is 0. The number of nitrogen functional groups attached to an aromatic ring is 1. The minimum atomic E-state index is 0.110. The summed E-state index contributed by atoms with van der Waals surface area (Å²) < 4.78 is 5.59. The van der Waals surface area contributed by atoms with Gasteiger partial charge in [0.25, 0.3) is 0 Å². The van der Waals surface area contributed by atoms with Gasteiger partial charge in [0.15, 0.2) is 11.5 Å². The Morgan fingerprint density at radius 1 is 1.16 bits per heavy atom. The number of aryl methyl sites for hydroxylation is 1. The van der Waals surface area contributed by atoms with E-state index in [0.29, 0.717) is 22.2 Å². The second-order valence-corrected chi connectivity index (χ2v) is 4.75. The molecule has 0 fully saturated rings. The van der Waals surface area contributed by atoms with Crippen LogP contribution in [0.5, 0.6) is 17.2 Å². The Morgan fingerprint density at radius 3 is 2.53 bits per heavy atom. The van der Waals surface area contributed by atoms with Crippen molar-refractivity contribution in [1.82, 2.24) is 0 Å². The fourth-order valence-electron chi connectivity index (χ4n) is 1.81. The van der Waals surface area contributed by atoms with Gasteiger partial charge in [0.05, 0.1) is 5.02 Å². The Morgan fingerprint density at radius 2 is 1.89 bits per heavy atom. The van der Waals surface area contributed by atoms with E-state index in [-0.39, 0.29) is 5.75 Å². The van der Waals surface area contributed by atoms with Crippen molar-refractivity contribution in [2.45, 2.75) is 19.8 Å². The average Bonchev–Trinajstić information content (AvgIpc) is 2.36. The Balaban J connectivity index is 2.23. The second kappa shape index (κ2) is 5.85. The minimum Gasteiger partial charge on any atom is -0.504 e. The lowest BCUT2D eigenvalue weighted by atomic mass is 10.1. The highest BCUT2D eigenvalue weighted by Crippen LogP contribution is 2.35. The Bertz CT molecular complexity index is 584. The maximum absolute atomic E-state index is 9.93. The third-order valence-electron chi connectivity index (χ3n) is 2.74. The van der Waals surface area contributed by atoms with Crippen LogP contribution in [0, 0.1) is 0 Å². The molecule has 0 atom stereocenters. The van der Waals surface area contributed by atoms with Crippen LogP contribution < -0.4 is 10.5 Å². The number of benzene rings is 2. The number of hydrogen-bond donors (Lipinski definition) is 2. The van der Waals surface area contributed by atoms with Crippen LogP contribution in [-0.4, -0.2) is 5.11 Å². The molecule has 0 radical (unpaired) electrons. The molecular formula is C15H16ClNO2. The van der Waals surface area contributed by atoms with Gasteiger partial charge in [-0.2, -0.15) is 0 Å². The van der Waals surface area contributed by atoms with Crippen molar-refractivity contribution in [2.75, 3.05) is 5.73 Å². The molecule has 0 heterocycles. The fourth-order valence-corrected chi connectivity index (χ4v) is 2.04. The predicted octanol–water partition coefficient (Wildman–Crippen LogP) is 4.37. The highest BCUT2D eigenvalue weighted by molar-refractivity contribution is 6.32. The van der Waals surface area contributed by atoms with Gasteiger partial charge in [-0.05, 0) is 42.3 Å². The molecule has 2 rings (SSSR count). The van der Waals surface area contributed by atoms with Crippen LogP contribution in [-0.2, 0) is 6.42 Å². The first-order valence-corrected chi connectivity index (χ1v) is 6.52. The van der Waals surface area contributed by atoms with Crippen LogP contribution in [0.1, 0.15) is 18.9 Å². The zero-order valence-corrected chi connectivity index (χ0v) is 11.4. The highest BCUT2D eigenvalue weighted by Gasteiger charge is 2.08. The van der Waals surface area contributed by atoms with Crippen molar-refractivity contribution in [2.24, 2.45) is 0 Å². The summed E-state index contributed by atoms with van der Waals surface area (Å²) in [6.45, 7) is 2.09. The van der Waals surface area contributed by atoms with E-state index in [2.05, 4.69) is 6.92 Å². The van der Waals surface area contributed by atoms with Crippen molar-refractivity contribution in [3.63, 3.8) is 0 Å². The second-order valence-electron chi connectivity index (χ2n) is 4.34. The summed E-state index contributed by atoms with van der Waals surface area (Å²) in [6, 6.07) is 10.4. The molecule has 0 saturated heterocycles. The zero-order valence-electron chi connectivity index (χ0n) is 10.7. The standard InChI is InChI=1S/C15H16ClNO2/c1-2-3-10-4-6-15(13(18)8-10)19-14-7-5-11(17)9-12(14)16/h4-9,18H,2-3,17H2,1H3. The smallest absolute Gasteiger partial charge is 0.169 e. The van der Waals surface area contributed by atoms with Gasteiger partial charge in [0.1, 0.15) is 5.75 Å². The van der Waals surface area contributed by atoms with Gasteiger partial charge >= 0.3 is 0 Å². The molecule has 0 bridgehead atoms. The number of ether oxygens (including phenoxy) is 1. The molecule has 2 aromatic carbocycles. The summed E-state index contributed by atoms with van der Waals surface area (Å²) in [7, 11) is 0. The van der Waals surface area contributed by atoms with Crippen molar-refractivity contribution in [3.05, 3.63) is 47.0 Å². The van der Waals surface area contributed by atoms with E-state index in [0.717, 1.165) is 18.4 Å². The van der Waals surface area contributed by atoms with E-state index in [4.69, 9.17) is 22.1 Å². The van der Waals surface area contributed by atoms with E-state index < -0.39 is 0 Å². The zero-order chi connectivity index (χ0) is 13.8. The van der Waals surface area contributed by atoms with Crippen LogP contribution in [0.25, 0.3) is 0 Å². The molecule has 0 aliphatic carbocycles. The number of phenolic OH excluding ortho intramolecular Hbond substituents is 1. The van der Waals surface area contributed by atoms with E-state index >= 15 is 0 Å². The number of hydrogen-bond acceptors (Lipinski definition) is 3. The van der Waals surface area contributed by atoms with Crippen molar-refractivity contribution in [1.29, 1.82) is 0 Å². The summed E-state index contributed by atoms with van der Waals surface area (Å²) >= 11 is 6.03. The van der Waals surface area contributed by atoms with Gasteiger partial charge in [-0.3, -0.25) is 0 Å². The first-order chi connectivity index (χ1) is 9.10. The highest BCUT2D eigenvalue weighted by atomic mass is 35.5. The molecule has 0 unspecified atom stereocenters. The van der Waals surface area contributed by atoms with Gasteiger partial charge in [0.2, 0.25) is 0 Å². The van der Waals surface area contributed by atoms with Crippen molar-refractivity contribution >= 4 is 17.3 Å². The van der Waals surface area contributed by atoms with Crippen LogP contribution in [0.3, 0.4) is 0 Å². The average molecular weight is 278 g/mol. The Kier molecular flexibility index (Phi) is 4.17. The molecule has 0 aliphatic rings. The number of anilines is 1. The Hall–Kier alpha value is -1.87. The molecule has 0 saturated carbocycles. The lowest BCUT2D eigenvalue weighted by molar-refractivity contribution is 0.411. The molecule has 0 amide bonds. The van der Waals surface area contributed by atoms with Gasteiger partial charge in [-0.25, -0.2) is 0 Å². The first kappa shape index (κ1) is 13.6. The van der Waals surface area contributed by atoms with E-state index in [1.165, 1.54) is 0 Å². The summed E-state index contributed by atoms with van der Waals surface area (Å²) in [5.41, 5.74) is 7.26. The van der Waals surface area contributed by atoms with Crippen LogP contribution in [0.2, 0.25) is 5.02 Å². The maximum Gasteiger partial charge on any atom is 0.169 e. The predicted molar refractivity (Wildman–Crippen MR) is 78.0 cm³/mol. The minimum absolute atomic E-state index is 0.110. The molecule has 2 aromatic rings. The lowest BCUT2D eigenvalue weighted by Gasteiger charge is -2.10. The normalized spacial score (nSPS) is 10.4. The molecule has 19 heavy (non-hydrogen) atoms. The number of aromatic hydroxyl groups is 1. The van der Waals surface area contributed by atoms with E-state index in [1.807, 2.05) is 6.07 Å². The van der Waals surface area contributed by atoms with Crippen LogP contribution in [0.4, 0.5) is 5.69 Å². The molecule has 3 nitrogen and oxygen atoms in total. The maximum atomic E-state index is 9.93. The summed E-state index contributed by atoms with van der Waals surface area (Å²) in [5, 5.41) is 10.3. The largest absolute Gasteiger partial charge is 0.504 e. The number of nitrogens with two attached hydrogens (primary N) is 1. The number of halogens is 1. The van der Waals surface area contributed by atoms with Crippen molar-refractivity contribution in [3.8, 4) is 17.2 Å². The van der Waals surface area contributed by atoms with E-state index in [1.54, 1.807) is 30.3 Å². The quantitative estimate of drug-likeness (QED) is 0.816. The first-order valence-electron chi connectivity index (χ1n) is 6.15. The summed E-state index contributed by atoms with van der Waals surface area (Å²) in [5.74, 6) is 0.958. The topological polar surface area (TPSA) is 55.5 Å². The van der Waals surface area contributed by atoms with Crippen LogP contribution >= 0.6 is 11.6 Å². The Labute approximate surface area is 117 Å². The number of rotatable bonds is 4. The van der Waals surface area contributed by atoms with Gasteiger partial charge in [0, 0.05) is 5.69 Å². The monoisotopic (exact) mass is 277 g/mol. The molecule has 0 spiro atoms. The third-order valence-corrected chi connectivity index (χ3v) is 3.03. The SMILES string of the molecule is CCCc1ccc(Oc2ccc(N)cc2Cl)c(O)c1. The summed E-state index contributed by atoms with van der Waals surface area (Å²) in [6.07, 6.45) is 1.96. The third kappa shape index (κ3) is 3.32. The molecule has 4 heteroatoms. The van der Waals surface area contributed by atoms with Gasteiger partial charge in [-0.1, -0.05) is 31.0 Å². The molecule has 0 aromatic heterocycles. The van der Waals surface area contributed by atoms with E-state index in [9.17, 15) is 5.11 Å². The van der Waals surface area contributed by atoms with Gasteiger partial charge in [-0.15, -0.1) is 0 Å².